The number of ether oxygens (including phenoxy) is 1. The van der Waals surface area contributed by atoms with E-state index in [1.807, 2.05) is 30.3 Å². The third kappa shape index (κ3) is 4.54. The van der Waals surface area contributed by atoms with Crippen LogP contribution in [-0.2, 0) is 6.61 Å². The maximum Gasteiger partial charge on any atom is 0.288 e. The molecule has 3 aromatic rings. The van der Waals surface area contributed by atoms with Crippen LogP contribution in [0.1, 0.15) is 11.1 Å². The maximum absolute atomic E-state index is 11.0. The fourth-order valence-electron chi connectivity index (χ4n) is 2.70. The first-order valence-corrected chi connectivity index (χ1v) is 9.08. The Morgan fingerprint density at radius 3 is 2.39 bits per heavy atom. The average Bonchev–Trinajstić information content (AvgIpc) is 2.74. The minimum Gasteiger partial charge on any atom is -0.502 e. The van der Waals surface area contributed by atoms with E-state index in [2.05, 4.69) is 5.32 Å². The van der Waals surface area contributed by atoms with Crippen molar-refractivity contribution in [3.05, 3.63) is 90.3 Å². The molecular weight excluding hydrogens is 372 g/mol. The molecule has 0 aliphatic carbocycles. The summed E-state index contributed by atoms with van der Waals surface area (Å²) < 4.78 is 6.88. The van der Waals surface area contributed by atoms with Crippen molar-refractivity contribution in [1.29, 1.82) is 0 Å². The number of para-hydroxylation sites is 1. The predicted octanol–water partition coefficient (Wildman–Crippen LogP) is 3.80. The summed E-state index contributed by atoms with van der Waals surface area (Å²) in [5, 5.41) is 23.7. The van der Waals surface area contributed by atoms with Gasteiger partial charge in [-0.1, -0.05) is 30.4 Å². The van der Waals surface area contributed by atoms with Crippen molar-refractivity contribution in [3.8, 4) is 5.75 Å². The van der Waals surface area contributed by atoms with Crippen molar-refractivity contribution >= 4 is 34.3 Å². The molecule has 2 aromatic carbocycles. The zero-order chi connectivity index (χ0) is 19.9. The van der Waals surface area contributed by atoms with E-state index in [9.17, 15) is 10.2 Å². The Kier molecular flexibility index (Phi) is 6.37. The maximum atomic E-state index is 11.0. The molecule has 0 aliphatic heterocycles. The average molecular weight is 393 g/mol. The highest BCUT2D eigenvalue weighted by Crippen LogP contribution is 2.21. The van der Waals surface area contributed by atoms with E-state index >= 15 is 0 Å². The second kappa shape index (κ2) is 9.12. The largest absolute Gasteiger partial charge is 0.502 e. The van der Waals surface area contributed by atoms with E-state index in [4.69, 9.17) is 17.0 Å². The third-order valence-electron chi connectivity index (χ3n) is 4.14. The summed E-state index contributed by atoms with van der Waals surface area (Å²) in [6, 6.07) is 20.1. The van der Waals surface area contributed by atoms with Gasteiger partial charge in [0.1, 0.15) is 5.75 Å². The topological polar surface area (TPSA) is 65.6 Å². The molecule has 1 aromatic heterocycles. The predicted molar refractivity (Wildman–Crippen MR) is 114 cm³/mol. The summed E-state index contributed by atoms with van der Waals surface area (Å²) in [7, 11) is 1.59. The number of pyridine rings is 1. The van der Waals surface area contributed by atoms with Crippen LogP contribution in [0.2, 0.25) is 0 Å². The monoisotopic (exact) mass is 393 g/mol. The van der Waals surface area contributed by atoms with Gasteiger partial charge in [-0.3, -0.25) is 0 Å². The number of methoxy groups -OCH3 is 1. The molecule has 0 bridgehead atoms. The van der Waals surface area contributed by atoms with Gasteiger partial charge in [0.15, 0.2) is 23.1 Å². The van der Waals surface area contributed by atoms with E-state index in [0.717, 1.165) is 5.69 Å². The van der Waals surface area contributed by atoms with Crippen LogP contribution in [0.4, 0.5) is 5.69 Å². The van der Waals surface area contributed by atoms with Gasteiger partial charge in [-0.05, 0) is 42.5 Å². The van der Waals surface area contributed by atoms with Crippen LogP contribution in [0.15, 0.2) is 79.1 Å². The Bertz CT molecular complexity index is 986. The van der Waals surface area contributed by atoms with Crippen LogP contribution in [0.3, 0.4) is 0 Å². The van der Waals surface area contributed by atoms with Gasteiger partial charge in [0.05, 0.1) is 13.7 Å². The van der Waals surface area contributed by atoms with Gasteiger partial charge in [0.2, 0.25) is 0 Å². The zero-order valence-corrected chi connectivity index (χ0v) is 16.2. The molecule has 1 heterocycles. The normalized spacial score (nSPS) is 11.5. The van der Waals surface area contributed by atoms with Crippen LogP contribution in [0.25, 0.3) is 11.5 Å². The Labute approximate surface area is 169 Å². The van der Waals surface area contributed by atoms with Crippen molar-refractivity contribution in [2.75, 3.05) is 12.4 Å². The number of aliphatic hydroxyl groups is 2. The molecule has 6 heteroatoms. The van der Waals surface area contributed by atoms with Gasteiger partial charge < -0.3 is 20.3 Å². The van der Waals surface area contributed by atoms with E-state index in [1.165, 1.54) is 0 Å². The Morgan fingerprint density at radius 2 is 1.75 bits per heavy atom. The molecule has 28 heavy (non-hydrogen) atoms. The number of nitrogens with one attached hydrogen (secondary N) is 1. The molecule has 3 rings (SSSR count). The molecular formula is C22H21N2O3S+. The molecule has 0 radical (unpaired) electrons. The van der Waals surface area contributed by atoms with Crippen LogP contribution in [-0.4, -0.2) is 22.3 Å². The second-order valence-corrected chi connectivity index (χ2v) is 6.43. The molecule has 5 nitrogen and oxygen atoms in total. The molecule has 0 spiro atoms. The van der Waals surface area contributed by atoms with Gasteiger partial charge in [-0.25, -0.2) is 0 Å². The quantitative estimate of drug-likeness (QED) is 0.257. The zero-order valence-electron chi connectivity index (χ0n) is 15.4. The van der Waals surface area contributed by atoms with Crippen molar-refractivity contribution in [1.82, 2.24) is 0 Å². The second-order valence-electron chi connectivity index (χ2n) is 6.02. The number of benzene rings is 2. The summed E-state index contributed by atoms with van der Waals surface area (Å²) in [6.45, 7) is -0.115. The highest BCUT2D eigenvalue weighted by atomic mass is 32.1. The number of hydrogen-bond donors (Lipinski definition) is 3. The molecule has 0 saturated carbocycles. The third-order valence-corrected chi connectivity index (χ3v) is 4.43. The summed E-state index contributed by atoms with van der Waals surface area (Å²) in [5.41, 5.74) is 2.51. The Morgan fingerprint density at radius 1 is 1.04 bits per heavy atom. The van der Waals surface area contributed by atoms with Crippen molar-refractivity contribution in [2.45, 2.75) is 6.61 Å². The lowest BCUT2D eigenvalue weighted by Gasteiger charge is -2.11. The van der Waals surface area contributed by atoms with Gasteiger partial charge in [0, 0.05) is 22.9 Å². The first kappa shape index (κ1) is 19.5. The lowest BCUT2D eigenvalue weighted by atomic mass is 10.1. The molecule has 0 fully saturated rings. The number of rotatable bonds is 6. The van der Waals surface area contributed by atoms with E-state index in [1.54, 1.807) is 60.5 Å². The number of anilines is 1. The van der Waals surface area contributed by atoms with Crippen LogP contribution in [0, 0.1) is 0 Å². The SMILES string of the molecule is COc1ccc(/C(O)=C(\C(=S)Nc2ccccc2)[n+]2cccc(CO)c2)cc1. The van der Waals surface area contributed by atoms with E-state index in [0.29, 0.717) is 27.6 Å². The minimum absolute atomic E-state index is 0.0103. The Balaban J connectivity index is 2.07. The highest BCUT2D eigenvalue weighted by molar-refractivity contribution is 7.81. The summed E-state index contributed by atoms with van der Waals surface area (Å²) in [5.74, 6) is 0.703. The number of nitrogens with zero attached hydrogens (tertiary/aromatic N) is 1. The molecule has 0 amide bonds. The number of aliphatic hydroxyl groups excluding tert-OH is 2. The van der Waals surface area contributed by atoms with Gasteiger partial charge in [-0.2, -0.15) is 4.57 Å². The first-order chi connectivity index (χ1) is 13.6. The van der Waals surface area contributed by atoms with Crippen LogP contribution >= 0.6 is 12.2 Å². The van der Waals surface area contributed by atoms with Gasteiger partial charge in [-0.15, -0.1) is 0 Å². The summed E-state index contributed by atoms with van der Waals surface area (Å²) >= 11 is 5.61. The van der Waals surface area contributed by atoms with Crippen molar-refractivity contribution < 1.29 is 19.5 Å². The van der Waals surface area contributed by atoms with E-state index in [-0.39, 0.29) is 12.4 Å². The molecule has 142 valence electrons. The standard InChI is InChI=1S/C22H20N2O3S/c1-27-19-11-9-17(10-12-19)21(26)20(24-13-5-6-16(14-24)15-25)22(28)23-18-7-3-2-4-8-18/h2-14,25H,15H2,1H3,(H-,23,26,28)/p+1. The minimum atomic E-state index is -0.115. The van der Waals surface area contributed by atoms with Crippen LogP contribution < -0.4 is 14.6 Å². The fourth-order valence-corrected chi connectivity index (χ4v) is 3.02. The molecule has 0 unspecified atom stereocenters. The Hall–Kier alpha value is -3.22. The number of aromatic nitrogens is 1. The fraction of sp³-hybridized carbons (Fsp3) is 0.0909. The molecule has 0 aliphatic rings. The van der Waals surface area contributed by atoms with Crippen LogP contribution in [0.5, 0.6) is 5.75 Å². The smallest absolute Gasteiger partial charge is 0.288 e. The number of hydrogen-bond acceptors (Lipinski definition) is 4. The lowest BCUT2D eigenvalue weighted by Crippen LogP contribution is -2.39. The number of thiocarbonyl (C=S) groups is 1. The van der Waals surface area contributed by atoms with E-state index < -0.39 is 0 Å². The molecule has 3 N–H and O–H groups in total. The first-order valence-electron chi connectivity index (χ1n) is 8.68. The highest BCUT2D eigenvalue weighted by Gasteiger charge is 2.24. The van der Waals surface area contributed by atoms with Crippen molar-refractivity contribution in [2.24, 2.45) is 0 Å². The van der Waals surface area contributed by atoms with Crippen molar-refractivity contribution in [3.63, 3.8) is 0 Å². The summed E-state index contributed by atoms with van der Waals surface area (Å²) in [6.07, 6.45) is 3.50. The van der Waals surface area contributed by atoms with Gasteiger partial charge in [0.25, 0.3) is 5.70 Å². The molecule has 0 saturated heterocycles. The summed E-state index contributed by atoms with van der Waals surface area (Å²) in [4.78, 5) is 0.347. The lowest BCUT2D eigenvalue weighted by molar-refractivity contribution is -0.576. The molecule has 0 atom stereocenters. The van der Waals surface area contributed by atoms with Gasteiger partial charge >= 0.3 is 0 Å².